The Balaban J connectivity index is 1.57. The molecular weight excluding hydrogens is 481 g/mol. The van der Waals surface area contributed by atoms with Gasteiger partial charge >= 0.3 is 6.18 Å². The molecular formula is C28H25F3N4O2. The largest absolute Gasteiger partial charge is 0.417 e. The molecule has 0 aliphatic heterocycles. The summed E-state index contributed by atoms with van der Waals surface area (Å²) < 4.78 is 45.0. The average Bonchev–Trinajstić information content (AvgIpc) is 3.25. The normalized spacial score (nSPS) is 17.1. The van der Waals surface area contributed by atoms with E-state index in [0.717, 1.165) is 34.3 Å². The Labute approximate surface area is 211 Å². The number of amides is 1. The molecule has 2 aromatic heterocycles. The SMILES string of the molecule is CO[C@@H]1Cc2ccccc2[C@H]1N(Cc1ccc(C(F)(F)F)cn1)C(=O)c1ccc2nc(N)c(C)cc2c1. The second-order valence-corrected chi connectivity index (χ2v) is 9.19. The molecule has 5 rings (SSSR count). The zero-order chi connectivity index (χ0) is 26.3. The van der Waals surface area contributed by atoms with Crippen molar-refractivity contribution >= 4 is 22.6 Å². The molecule has 0 unspecified atom stereocenters. The minimum absolute atomic E-state index is 0.00683. The van der Waals surface area contributed by atoms with E-state index in [9.17, 15) is 18.0 Å². The predicted molar refractivity (Wildman–Crippen MR) is 134 cm³/mol. The van der Waals surface area contributed by atoms with Crippen LogP contribution in [-0.4, -0.2) is 34.0 Å². The number of nitrogens with two attached hydrogens (primary N) is 1. The van der Waals surface area contributed by atoms with Gasteiger partial charge in [-0.25, -0.2) is 4.98 Å². The summed E-state index contributed by atoms with van der Waals surface area (Å²) in [4.78, 5) is 24.1. The van der Waals surface area contributed by atoms with Crippen molar-refractivity contribution in [1.29, 1.82) is 0 Å². The molecule has 6 nitrogen and oxygen atoms in total. The van der Waals surface area contributed by atoms with Crippen LogP contribution in [0.5, 0.6) is 0 Å². The summed E-state index contributed by atoms with van der Waals surface area (Å²) in [5.41, 5.74) is 9.32. The number of carbonyl (C=O) groups is 1. The van der Waals surface area contributed by atoms with Crippen LogP contribution in [0.25, 0.3) is 10.9 Å². The van der Waals surface area contributed by atoms with Crippen LogP contribution in [0.3, 0.4) is 0 Å². The summed E-state index contributed by atoms with van der Waals surface area (Å²) in [6.45, 7) is 1.85. The smallest absolute Gasteiger partial charge is 0.383 e. The van der Waals surface area contributed by atoms with Crippen LogP contribution in [0.15, 0.2) is 66.9 Å². The van der Waals surface area contributed by atoms with Crippen molar-refractivity contribution in [1.82, 2.24) is 14.9 Å². The maximum Gasteiger partial charge on any atom is 0.417 e. The lowest BCUT2D eigenvalue weighted by Gasteiger charge is -2.33. The van der Waals surface area contributed by atoms with Crippen LogP contribution in [0, 0.1) is 6.92 Å². The lowest BCUT2D eigenvalue weighted by Crippen LogP contribution is -2.39. The van der Waals surface area contributed by atoms with Crippen molar-refractivity contribution in [2.75, 3.05) is 12.8 Å². The van der Waals surface area contributed by atoms with Crippen LogP contribution < -0.4 is 5.73 Å². The topological polar surface area (TPSA) is 81.3 Å². The number of hydrogen-bond acceptors (Lipinski definition) is 5. The van der Waals surface area contributed by atoms with Crippen molar-refractivity contribution in [3.05, 3.63) is 100 Å². The number of nitrogens with zero attached hydrogens (tertiary/aromatic N) is 3. The van der Waals surface area contributed by atoms with Crippen LogP contribution in [0.4, 0.5) is 19.0 Å². The molecule has 0 bridgehead atoms. The molecule has 0 radical (unpaired) electrons. The van der Waals surface area contributed by atoms with E-state index in [-0.39, 0.29) is 18.6 Å². The summed E-state index contributed by atoms with van der Waals surface area (Å²) in [5.74, 6) is 0.133. The van der Waals surface area contributed by atoms with Gasteiger partial charge in [0.1, 0.15) is 5.82 Å². The van der Waals surface area contributed by atoms with Crippen LogP contribution in [0.2, 0.25) is 0 Å². The fraction of sp³-hybridized carbons (Fsp3) is 0.250. The molecule has 2 aromatic carbocycles. The molecule has 190 valence electrons. The molecule has 2 N–H and O–H groups in total. The number of fused-ring (bicyclic) bond motifs is 2. The van der Waals surface area contributed by atoms with Gasteiger partial charge in [-0.1, -0.05) is 24.3 Å². The van der Waals surface area contributed by atoms with E-state index in [2.05, 4.69) is 9.97 Å². The first-order valence-corrected chi connectivity index (χ1v) is 11.8. The molecule has 2 heterocycles. The van der Waals surface area contributed by atoms with Gasteiger partial charge in [0.15, 0.2) is 0 Å². The van der Waals surface area contributed by atoms with Gasteiger partial charge in [0.25, 0.3) is 5.91 Å². The predicted octanol–water partition coefficient (Wildman–Crippen LogP) is 5.49. The van der Waals surface area contributed by atoms with Crippen molar-refractivity contribution < 1.29 is 22.7 Å². The van der Waals surface area contributed by atoms with Crippen LogP contribution in [0.1, 0.15) is 44.3 Å². The molecule has 1 aliphatic rings. The molecule has 2 atom stereocenters. The molecule has 1 aliphatic carbocycles. The maximum absolute atomic E-state index is 14.0. The number of methoxy groups -OCH3 is 1. The van der Waals surface area contributed by atoms with Crippen LogP contribution in [-0.2, 0) is 23.9 Å². The first-order valence-electron chi connectivity index (χ1n) is 11.8. The highest BCUT2D eigenvalue weighted by molar-refractivity contribution is 5.98. The third kappa shape index (κ3) is 4.74. The Hall–Kier alpha value is -3.98. The summed E-state index contributed by atoms with van der Waals surface area (Å²) in [6, 6.07) is 16.7. The fourth-order valence-electron chi connectivity index (χ4n) is 4.87. The number of pyridine rings is 2. The quantitative estimate of drug-likeness (QED) is 0.387. The number of benzene rings is 2. The number of aromatic nitrogens is 2. The van der Waals surface area contributed by atoms with E-state index < -0.39 is 17.8 Å². The van der Waals surface area contributed by atoms with E-state index in [1.165, 1.54) is 6.07 Å². The molecule has 0 spiro atoms. The molecule has 4 aromatic rings. The Morgan fingerprint density at radius 2 is 1.92 bits per heavy atom. The lowest BCUT2D eigenvalue weighted by atomic mass is 10.0. The van der Waals surface area contributed by atoms with Gasteiger partial charge in [-0.2, -0.15) is 13.2 Å². The number of alkyl halides is 3. The number of rotatable bonds is 5. The average molecular weight is 507 g/mol. The maximum atomic E-state index is 14.0. The number of halogens is 3. The van der Waals surface area contributed by atoms with Gasteiger partial charge in [-0.3, -0.25) is 9.78 Å². The summed E-state index contributed by atoms with van der Waals surface area (Å²) >= 11 is 0. The fourth-order valence-corrected chi connectivity index (χ4v) is 4.87. The number of carbonyl (C=O) groups excluding carboxylic acids is 1. The zero-order valence-corrected chi connectivity index (χ0v) is 20.3. The Morgan fingerprint density at radius 3 is 2.62 bits per heavy atom. The highest BCUT2D eigenvalue weighted by Crippen LogP contribution is 2.39. The van der Waals surface area contributed by atoms with Crippen molar-refractivity contribution in [2.45, 2.75) is 38.2 Å². The molecule has 37 heavy (non-hydrogen) atoms. The molecule has 0 saturated carbocycles. The van der Waals surface area contributed by atoms with Crippen LogP contribution >= 0.6 is 0 Å². The number of anilines is 1. The second-order valence-electron chi connectivity index (χ2n) is 9.19. The Kier molecular flexibility index (Phi) is 6.33. The van der Waals surface area contributed by atoms with E-state index >= 15 is 0 Å². The molecule has 9 heteroatoms. The van der Waals surface area contributed by atoms with Gasteiger partial charge in [-0.05, 0) is 60.0 Å². The summed E-state index contributed by atoms with van der Waals surface area (Å²) in [5, 5.41) is 0.764. The number of ether oxygens (including phenoxy) is 1. The number of nitrogen functional groups attached to an aromatic ring is 1. The van der Waals surface area contributed by atoms with Gasteiger partial charge in [0.05, 0.1) is 35.5 Å². The standard InChI is InChI=1S/C28H25F3N4O2/c1-16-11-19-12-18(7-10-23(19)34-26(16)32)27(36)35(15-21-9-8-20(14-33-21)28(29,30)31)25-22-6-4-3-5-17(22)13-24(25)37-2/h3-12,14,24-25H,13,15H2,1-2H3,(H2,32,34)/t24-,25-/m1/s1. The zero-order valence-electron chi connectivity index (χ0n) is 20.3. The Morgan fingerprint density at radius 1 is 1.14 bits per heavy atom. The first kappa shape index (κ1) is 24.7. The van der Waals surface area contributed by atoms with Crippen molar-refractivity contribution in [3.8, 4) is 0 Å². The van der Waals surface area contributed by atoms with E-state index in [1.807, 2.05) is 37.3 Å². The first-order chi connectivity index (χ1) is 17.7. The monoisotopic (exact) mass is 506 g/mol. The lowest BCUT2D eigenvalue weighted by molar-refractivity contribution is -0.137. The highest BCUT2D eigenvalue weighted by Gasteiger charge is 2.39. The van der Waals surface area contributed by atoms with Crippen molar-refractivity contribution in [2.24, 2.45) is 0 Å². The van der Waals surface area contributed by atoms with Gasteiger partial charge in [0, 0.05) is 30.7 Å². The van der Waals surface area contributed by atoms with E-state index in [0.29, 0.717) is 29.0 Å². The number of hydrogen-bond donors (Lipinski definition) is 1. The van der Waals surface area contributed by atoms with E-state index in [4.69, 9.17) is 10.5 Å². The third-order valence-corrected chi connectivity index (χ3v) is 6.82. The Bertz CT molecular complexity index is 1470. The minimum Gasteiger partial charge on any atom is -0.383 e. The summed E-state index contributed by atoms with van der Waals surface area (Å²) in [6.07, 6.45) is -3.40. The second kappa shape index (κ2) is 9.48. The van der Waals surface area contributed by atoms with Gasteiger partial charge in [0.2, 0.25) is 0 Å². The van der Waals surface area contributed by atoms with Gasteiger partial charge in [-0.15, -0.1) is 0 Å². The van der Waals surface area contributed by atoms with E-state index in [1.54, 1.807) is 30.2 Å². The molecule has 0 fully saturated rings. The van der Waals surface area contributed by atoms with Gasteiger partial charge < -0.3 is 15.4 Å². The van der Waals surface area contributed by atoms with Crippen molar-refractivity contribution in [3.63, 3.8) is 0 Å². The third-order valence-electron chi connectivity index (χ3n) is 6.82. The molecule has 1 amide bonds. The highest BCUT2D eigenvalue weighted by atomic mass is 19.4. The summed E-state index contributed by atoms with van der Waals surface area (Å²) in [7, 11) is 1.59. The number of aryl methyl sites for hydroxylation is 1. The molecule has 0 saturated heterocycles. The minimum atomic E-state index is -4.49.